The summed E-state index contributed by atoms with van der Waals surface area (Å²) in [6.07, 6.45) is 5.25. The molecule has 37 heavy (non-hydrogen) atoms. The fraction of sp³-hybridized carbons (Fsp3) is 0.750. The minimum atomic E-state index is -1.73. The maximum absolute atomic E-state index is 6.49. The average molecular weight is 533 g/mol. The molecule has 0 aliphatic carbocycles. The highest BCUT2D eigenvalue weighted by atomic mass is 28.4. The SMILES string of the molecule is C=C(CCOCc1ccccc1)[C@H](CCCO[Si](C)(C)C(C)(C)C)[C@H](C)CC[C@H]1OC(C)(C)OC1(C)C. The standard InChI is InChI=1S/C32H56O4Si/c1-25(19-20-29-31(6,7)36-32(8,9)35-29)28(18-15-22-34-37(10,11)30(3,4)5)26(2)21-23-33-24-27-16-13-12-14-17-27/h12-14,16-17,25,28-29H,2,15,18-24H2,1,3-11H3/t25-,28-,29-/m1/s1. The van der Waals surface area contributed by atoms with Crippen LogP contribution >= 0.6 is 0 Å². The van der Waals surface area contributed by atoms with E-state index in [0.717, 1.165) is 38.7 Å². The molecule has 1 aromatic rings. The molecule has 3 atom stereocenters. The second kappa shape index (κ2) is 13.4. The Morgan fingerprint density at radius 2 is 1.70 bits per heavy atom. The van der Waals surface area contributed by atoms with E-state index in [0.29, 0.717) is 25.0 Å². The van der Waals surface area contributed by atoms with Gasteiger partial charge in [0.2, 0.25) is 0 Å². The minimum Gasteiger partial charge on any atom is -0.417 e. The van der Waals surface area contributed by atoms with Crippen LogP contribution in [0.3, 0.4) is 0 Å². The number of hydrogen-bond donors (Lipinski definition) is 0. The van der Waals surface area contributed by atoms with Crippen molar-refractivity contribution < 1.29 is 18.6 Å². The Balaban J connectivity index is 1.93. The van der Waals surface area contributed by atoms with Gasteiger partial charge in [0.25, 0.3) is 0 Å². The zero-order chi connectivity index (χ0) is 27.9. The highest BCUT2D eigenvalue weighted by Crippen LogP contribution is 2.40. The Morgan fingerprint density at radius 1 is 1.05 bits per heavy atom. The van der Waals surface area contributed by atoms with E-state index < -0.39 is 14.1 Å². The first kappa shape index (κ1) is 32.2. The number of ether oxygens (including phenoxy) is 3. The molecule has 212 valence electrons. The van der Waals surface area contributed by atoms with Crippen LogP contribution in [0.1, 0.15) is 93.1 Å². The summed E-state index contributed by atoms with van der Waals surface area (Å²) in [5, 5.41) is 0.239. The first-order valence-electron chi connectivity index (χ1n) is 14.4. The molecule has 0 bridgehead atoms. The highest BCUT2D eigenvalue weighted by Gasteiger charge is 2.46. The molecule has 0 N–H and O–H groups in total. The first-order chi connectivity index (χ1) is 17.0. The topological polar surface area (TPSA) is 36.9 Å². The highest BCUT2D eigenvalue weighted by molar-refractivity contribution is 6.74. The predicted octanol–water partition coefficient (Wildman–Crippen LogP) is 8.91. The lowest BCUT2D eigenvalue weighted by Gasteiger charge is -2.36. The summed E-state index contributed by atoms with van der Waals surface area (Å²) in [6, 6.07) is 10.4. The van der Waals surface area contributed by atoms with E-state index in [4.69, 9.17) is 18.6 Å². The van der Waals surface area contributed by atoms with Gasteiger partial charge < -0.3 is 18.6 Å². The molecule has 0 spiro atoms. The molecule has 0 unspecified atom stereocenters. The van der Waals surface area contributed by atoms with Gasteiger partial charge in [-0.25, -0.2) is 0 Å². The van der Waals surface area contributed by atoms with Crippen molar-refractivity contribution in [3.05, 3.63) is 48.0 Å². The second-order valence-corrected chi connectivity index (χ2v) is 18.4. The lowest BCUT2D eigenvalue weighted by Crippen LogP contribution is -2.41. The van der Waals surface area contributed by atoms with Crippen LogP contribution in [0.5, 0.6) is 0 Å². The predicted molar refractivity (Wildman–Crippen MR) is 158 cm³/mol. The third kappa shape index (κ3) is 10.3. The van der Waals surface area contributed by atoms with Gasteiger partial charge in [-0.1, -0.05) is 70.2 Å². The molecular weight excluding hydrogens is 476 g/mol. The number of benzene rings is 1. The van der Waals surface area contributed by atoms with E-state index in [1.165, 1.54) is 11.1 Å². The van der Waals surface area contributed by atoms with E-state index in [-0.39, 0.29) is 16.7 Å². The van der Waals surface area contributed by atoms with Crippen LogP contribution < -0.4 is 0 Å². The van der Waals surface area contributed by atoms with Crippen LogP contribution in [0.15, 0.2) is 42.5 Å². The molecule has 1 heterocycles. The normalized spacial score (nSPS) is 21.1. The minimum absolute atomic E-state index is 0.106. The summed E-state index contributed by atoms with van der Waals surface area (Å²) in [5.74, 6) is 0.441. The molecule has 0 amide bonds. The summed E-state index contributed by atoms with van der Waals surface area (Å²) >= 11 is 0. The molecule has 0 aromatic heterocycles. The Kier molecular flexibility index (Phi) is 11.7. The number of rotatable bonds is 15. The van der Waals surface area contributed by atoms with Gasteiger partial charge in [0.1, 0.15) is 0 Å². The summed E-state index contributed by atoms with van der Waals surface area (Å²) in [7, 11) is -1.73. The van der Waals surface area contributed by atoms with Gasteiger partial charge in [-0.15, -0.1) is 0 Å². The largest absolute Gasteiger partial charge is 0.417 e. The van der Waals surface area contributed by atoms with Crippen molar-refractivity contribution in [1.29, 1.82) is 0 Å². The van der Waals surface area contributed by atoms with Crippen LogP contribution in [0.25, 0.3) is 0 Å². The lowest BCUT2D eigenvalue weighted by atomic mass is 9.79. The fourth-order valence-corrected chi connectivity index (χ4v) is 6.21. The van der Waals surface area contributed by atoms with Crippen molar-refractivity contribution in [2.45, 2.75) is 130 Å². The van der Waals surface area contributed by atoms with Crippen molar-refractivity contribution in [2.75, 3.05) is 13.2 Å². The van der Waals surface area contributed by atoms with Crippen molar-refractivity contribution in [2.24, 2.45) is 11.8 Å². The molecule has 2 rings (SSSR count). The van der Waals surface area contributed by atoms with Gasteiger partial charge in [-0.2, -0.15) is 0 Å². The molecule has 1 saturated heterocycles. The summed E-state index contributed by atoms with van der Waals surface area (Å²) in [4.78, 5) is 0. The van der Waals surface area contributed by atoms with Crippen LogP contribution in [-0.4, -0.2) is 39.0 Å². The van der Waals surface area contributed by atoms with E-state index in [1.807, 2.05) is 19.9 Å². The van der Waals surface area contributed by atoms with Crippen LogP contribution in [0.4, 0.5) is 0 Å². The smallest absolute Gasteiger partial charge is 0.191 e. The van der Waals surface area contributed by atoms with Gasteiger partial charge in [0.05, 0.1) is 24.9 Å². The van der Waals surface area contributed by atoms with Gasteiger partial charge in [-0.05, 0) is 95.3 Å². The Labute approximate surface area is 229 Å². The zero-order valence-electron chi connectivity index (χ0n) is 25.6. The average Bonchev–Trinajstić information content (AvgIpc) is 3.00. The van der Waals surface area contributed by atoms with E-state index in [9.17, 15) is 0 Å². The molecule has 0 saturated carbocycles. The van der Waals surface area contributed by atoms with E-state index in [1.54, 1.807) is 0 Å². The van der Waals surface area contributed by atoms with Gasteiger partial charge in [0.15, 0.2) is 14.1 Å². The molecule has 4 nitrogen and oxygen atoms in total. The Hall–Kier alpha value is -0.983. The zero-order valence-corrected chi connectivity index (χ0v) is 26.6. The lowest BCUT2D eigenvalue weighted by molar-refractivity contribution is -0.157. The summed E-state index contributed by atoms with van der Waals surface area (Å²) < 4.78 is 24.9. The number of hydrogen-bond acceptors (Lipinski definition) is 4. The van der Waals surface area contributed by atoms with Crippen molar-refractivity contribution in [1.82, 2.24) is 0 Å². The molecule has 1 aliphatic heterocycles. The summed E-state index contributed by atoms with van der Waals surface area (Å²) in [6.45, 7) is 29.0. The van der Waals surface area contributed by atoms with E-state index >= 15 is 0 Å². The van der Waals surface area contributed by atoms with Crippen molar-refractivity contribution >= 4 is 8.32 Å². The summed E-state index contributed by atoms with van der Waals surface area (Å²) in [5.41, 5.74) is 2.25. The Morgan fingerprint density at radius 3 is 2.27 bits per heavy atom. The van der Waals surface area contributed by atoms with Crippen LogP contribution in [0.2, 0.25) is 18.1 Å². The van der Waals surface area contributed by atoms with Crippen molar-refractivity contribution in [3.8, 4) is 0 Å². The monoisotopic (exact) mass is 532 g/mol. The molecular formula is C32H56O4Si. The van der Waals surface area contributed by atoms with Gasteiger partial charge in [0, 0.05) is 6.61 Å². The third-order valence-electron chi connectivity index (χ3n) is 8.41. The molecule has 1 aliphatic rings. The maximum atomic E-state index is 6.49. The second-order valence-electron chi connectivity index (χ2n) is 13.6. The molecule has 1 aromatic carbocycles. The Bertz CT molecular complexity index is 825. The first-order valence-corrected chi connectivity index (χ1v) is 17.3. The fourth-order valence-electron chi connectivity index (χ4n) is 5.12. The molecule has 0 radical (unpaired) electrons. The quantitative estimate of drug-likeness (QED) is 0.128. The van der Waals surface area contributed by atoms with Crippen LogP contribution in [-0.2, 0) is 25.2 Å². The molecule has 5 heteroatoms. The van der Waals surface area contributed by atoms with Gasteiger partial charge in [-0.3, -0.25) is 0 Å². The van der Waals surface area contributed by atoms with Crippen molar-refractivity contribution in [3.63, 3.8) is 0 Å². The van der Waals surface area contributed by atoms with E-state index in [2.05, 4.69) is 85.5 Å². The maximum Gasteiger partial charge on any atom is 0.191 e. The molecule has 1 fully saturated rings. The third-order valence-corrected chi connectivity index (χ3v) is 13.0. The van der Waals surface area contributed by atoms with Crippen LogP contribution in [0, 0.1) is 11.8 Å². The van der Waals surface area contributed by atoms with Gasteiger partial charge >= 0.3 is 0 Å².